The number of rotatable bonds is 2. The molecular weight excluding hydrogens is 340 g/mol. The van der Waals surface area contributed by atoms with Crippen molar-refractivity contribution in [2.75, 3.05) is 0 Å². The summed E-state index contributed by atoms with van der Waals surface area (Å²) in [7, 11) is 0. The summed E-state index contributed by atoms with van der Waals surface area (Å²) in [5.41, 5.74) is 7.30. The molecule has 94 valence electrons. The van der Waals surface area contributed by atoms with Crippen LogP contribution in [0.1, 0.15) is 17.2 Å². The van der Waals surface area contributed by atoms with Gasteiger partial charge in [0.2, 0.25) is 0 Å². The van der Waals surface area contributed by atoms with E-state index >= 15 is 0 Å². The lowest BCUT2D eigenvalue weighted by molar-refractivity contribution is 0.623. The number of hydrogen-bond donors (Lipinski definition) is 1. The van der Waals surface area contributed by atoms with Crippen molar-refractivity contribution in [3.63, 3.8) is 0 Å². The maximum atomic E-state index is 13.2. The minimum Gasteiger partial charge on any atom is -0.320 e. The van der Waals surface area contributed by atoms with Crippen molar-refractivity contribution in [2.45, 2.75) is 6.04 Å². The van der Waals surface area contributed by atoms with Gasteiger partial charge in [0.15, 0.2) is 0 Å². The molecule has 0 saturated carbocycles. The van der Waals surface area contributed by atoms with E-state index in [0.717, 1.165) is 4.47 Å². The van der Waals surface area contributed by atoms with Gasteiger partial charge in [-0.15, -0.1) is 0 Å². The van der Waals surface area contributed by atoms with Crippen molar-refractivity contribution < 1.29 is 4.39 Å². The number of benzene rings is 2. The standard InChI is InChI=1S/C13H9BrCl2FN/c14-10-3-1-2-8(12(10)16)13(18)9-6-7(17)4-5-11(9)15/h1-6,13H,18H2. The average Bonchev–Trinajstić information content (AvgIpc) is 2.35. The molecule has 0 spiro atoms. The largest absolute Gasteiger partial charge is 0.320 e. The Labute approximate surface area is 123 Å². The van der Waals surface area contributed by atoms with Crippen LogP contribution >= 0.6 is 39.1 Å². The molecule has 5 heteroatoms. The highest BCUT2D eigenvalue weighted by molar-refractivity contribution is 9.10. The zero-order valence-corrected chi connectivity index (χ0v) is 12.2. The van der Waals surface area contributed by atoms with Gasteiger partial charge in [-0.1, -0.05) is 35.3 Å². The maximum absolute atomic E-state index is 13.2. The van der Waals surface area contributed by atoms with Crippen molar-refractivity contribution in [1.29, 1.82) is 0 Å². The smallest absolute Gasteiger partial charge is 0.123 e. The molecule has 2 aromatic rings. The third-order valence-corrected chi connectivity index (χ3v) is 4.26. The van der Waals surface area contributed by atoms with Crippen molar-refractivity contribution in [1.82, 2.24) is 0 Å². The Hall–Kier alpha value is -0.610. The summed E-state index contributed by atoms with van der Waals surface area (Å²) >= 11 is 15.5. The lowest BCUT2D eigenvalue weighted by atomic mass is 9.99. The fourth-order valence-corrected chi connectivity index (χ4v) is 2.54. The Morgan fingerprint density at radius 1 is 1.11 bits per heavy atom. The van der Waals surface area contributed by atoms with E-state index in [1.54, 1.807) is 6.07 Å². The van der Waals surface area contributed by atoms with Gasteiger partial charge in [-0.2, -0.15) is 0 Å². The normalized spacial score (nSPS) is 12.5. The van der Waals surface area contributed by atoms with Crippen LogP contribution in [0.25, 0.3) is 0 Å². The van der Waals surface area contributed by atoms with E-state index in [2.05, 4.69) is 15.9 Å². The first kappa shape index (κ1) is 13.8. The number of hydrogen-bond acceptors (Lipinski definition) is 1. The zero-order chi connectivity index (χ0) is 13.3. The first-order valence-corrected chi connectivity index (χ1v) is 6.70. The first-order valence-electron chi connectivity index (χ1n) is 5.15. The summed E-state index contributed by atoms with van der Waals surface area (Å²) in [6, 6.07) is 8.95. The molecule has 0 aromatic heterocycles. The van der Waals surface area contributed by atoms with Crippen molar-refractivity contribution >= 4 is 39.1 Å². The second-order valence-electron chi connectivity index (χ2n) is 3.79. The second-order valence-corrected chi connectivity index (χ2v) is 5.43. The molecule has 2 rings (SSSR count). The molecule has 0 fully saturated rings. The van der Waals surface area contributed by atoms with E-state index in [9.17, 15) is 4.39 Å². The van der Waals surface area contributed by atoms with Crippen molar-refractivity contribution in [2.24, 2.45) is 5.73 Å². The molecule has 2 N–H and O–H groups in total. The molecule has 0 amide bonds. The van der Waals surface area contributed by atoms with Crippen LogP contribution in [0.15, 0.2) is 40.9 Å². The van der Waals surface area contributed by atoms with Crippen LogP contribution in [-0.4, -0.2) is 0 Å². The van der Waals surface area contributed by atoms with Gasteiger partial charge >= 0.3 is 0 Å². The summed E-state index contributed by atoms with van der Waals surface area (Å²) in [6.07, 6.45) is 0. The number of halogens is 4. The molecule has 0 saturated heterocycles. The highest BCUT2D eigenvalue weighted by Crippen LogP contribution is 2.34. The van der Waals surface area contributed by atoms with Crippen LogP contribution in [0.3, 0.4) is 0 Å². The Balaban J connectivity index is 2.51. The van der Waals surface area contributed by atoms with E-state index in [1.807, 2.05) is 12.1 Å². The number of nitrogens with two attached hydrogens (primary N) is 1. The monoisotopic (exact) mass is 347 g/mol. The molecule has 1 unspecified atom stereocenters. The summed E-state index contributed by atoms with van der Waals surface area (Å²) < 4.78 is 14.0. The lowest BCUT2D eigenvalue weighted by Crippen LogP contribution is -2.13. The molecule has 0 aliphatic heterocycles. The fraction of sp³-hybridized carbons (Fsp3) is 0.0769. The molecule has 0 aliphatic carbocycles. The van der Waals surface area contributed by atoms with Gasteiger partial charge < -0.3 is 5.73 Å². The van der Waals surface area contributed by atoms with Crippen LogP contribution in [-0.2, 0) is 0 Å². The molecule has 2 aromatic carbocycles. The molecule has 0 aliphatic rings. The highest BCUT2D eigenvalue weighted by Gasteiger charge is 2.17. The summed E-state index contributed by atoms with van der Waals surface area (Å²) in [5, 5.41) is 0.922. The van der Waals surface area contributed by atoms with Gasteiger partial charge in [0.05, 0.1) is 11.1 Å². The average molecular weight is 349 g/mol. The summed E-state index contributed by atoms with van der Waals surface area (Å²) in [5.74, 6) is -0.379. The van der Waals surface area contributed by atoms with Gasteiger partial charge in [0.25, 0.3) is 0 Å². The predicted molar refractivity (Wildman–Crippen MR) is 76.6 cm³/mol. The summed E-state index contributed by atoms with van der Waals surface area (Å²) in [6.45, 7) is 0. The zero-order valence-electron chi connectivity index (χ0n) is 9.13. The van der Waals surface area contributed by atoms with E-state index < -0.39 is 6.04 Å². The topological polar surface area (TPSA) is 26.0 Å². The predicted octanol–water partition coefficient (Wildman–Crippen LogP) is 4.94. The Kier molecular flexibility index (Phi) is 4.28. The molecule has 0 heterocycles. The van der Waals surface area contributed by atoms with Gasteiger partial charge in [-0.25, -0.2) is 4.39 Å². The molecule has 0 radical (unpaired) electrons. The van der Waals surface area contributed by atoms with E-state index in [-0.39, 0.29) is 5.82 Å². The van der Waals surface area contributed by atoms with Crippen LogP contribution < -0.4 is 5.73 Å². The van der Waals surface area contributed by atoms with Crippen LogP contribution in [0, 0.1) is 5.82 Å². The molecule has 1 nitrogen and oxygen atoms in total. The van der Waals surface area contributed by atoms with Crippen LogP contribution in [0.2, 0.25) is 10.0 Å². The Morgan fingerprint density at radius 3 is 2.56 bits per heavy atom. The van der Waals surface area contributed by atoms with Gasteiger partial charge in [-0.05, 0) is 51.3 Å². The SMILES string of the molecule is NC(c1cc(F)ccc1Cl)c1cccc(Br)c1Cl. The van der Waals surface area contributed by atoms with Crippen LogP contribution in [0.5, 0.6) is 0 Å². The molecular formula is C13H9BrCl2FN. The maximum Gasteiger partial charge on any atom is 0.123 e. The third-order valence-electron chi connectivity index (χ3n) is 2.61. The molecule has 1 atom stereocenters. The fourth-order valence-electron chi connectivity index (χ4n) is 1.68. The van der Waals surface area contributed by atoms with Gasteiger partial charge in [0.1, 0.15) is 5.82 Å². The molecule has 0 bridgehead atoms. The van der Waals surface area contributed by atoms with E-state index in [4.69, 9.17) is 28.9 Å². The summed E-state index contributed by atoms with van der Waals surface area (Å²) in [4.78, 5) is 0. The van der Waals surface area contributed by atoms with Gasteiger partial charge in [-0.3, -0.25) is 0 Å². The lowest BCUT2D eigenvalue weighted by Gasteiger charge is -2.16. The third kappa shape index (κ3) is 2.69. The second kappa shape index (κ2) is 5.57. The first-order chi connectivity index (χ1) is 8.50. The minimum absolute atomic E-state index is 0.379. The van der Waals surface area contributed by atoms with E-state index in [1.165, 1.54) is 18.2 Å². The molecule has 18 heavy (non-hydrogen) atoms. The van der Waals surface area contributed by atoms with Crippen LogP contribution in [0.4, 0.5) is 4.39 Å². The van der Waals surface area contributed by atoms with Crippen molar-refractivity contribution in [3.05, 3.63) is 67.9 Å². The Bertz CT molecular complexity index is 587. The van der Waals surface area contributed by atoms with Gasteiger partial charge in [0, 0.05) is 9.50 Å². The minimum atomic E-state index is -0.571. The Morgan fingerprint density at radius 2 is 1.83 bits per heavy atom. The van der Waals surface area contributed by atoms with Crippen molar-refractivity contribution in [3.8, 4) is 0 Å². The van der Waals surface area contributed by atoms with E-state index in [0.29, 0.717) is 21.2 Å². The quantitative estimate of drug-likeness (QED) is 0.816. The highest BCUT2D eigenvalue weighted by atomic mass is 79.9.